The number of hydrogen-bond acceptors (Lipinski definition) is 2. The molecule has 4 heteroatoms. The van der Waals surface area contributed by atoms with Crippen molar-refractivity contribution in [2.75, 3.05) is 0 Å². The van der Waals surface area contributed by atoms with Gasteiger partial charge in [-0.2, -0.15) is 0 Å². The monoisotopic (exact) mass is 222 g/mol. The van der Waals surface area contributed by atoms with Crippen molar-refractivity contribution < 1.29 is 19.8 Å². The van der Waals surface area contributed by atoms with Crippen molar-refractivity contribution in [2.45, 2.75) is 26.2 Å². The Balaban J connectivity index is 3.40. The number of benzene rings is 1. The van der Waals surface area contributed by atoms with E-state index in [0.29, 0.717) is 0 Å². The lowest BCUT2D eigenvalue weighted by atomic mass is 9.85. The topological polar surface area (TPSA) is 74.6 Å². The number of carboxylic acids is 2. The first-order valence-electron chi connectivity index (χ1n) is 4.84. The van der Waals surface area contributed by atoms with Crippen LogP contribution in [-0.2, 0) is 5.41 Å². The molecular weight excluding hydrogens is 208 g/mol. The van der Waals surface area contributed by atoms with Crippen molar-refractivity contribution in [1.82, 2.24) is 0 Å². The molecule has 0 aliphatic heterocycles. The molecule has 0 saturated carbocycles. The van der Waals surface area contributed by atoms with Gasteiger partial charge in [-0.15, -0.1) is 0 Å². The molecule has 1 rings (SSSR count). The van der Waals surface area contributed by atoms with Crippen LogP contribution >= 0.6 is 0 Å². The highest BCUT2D eigenvalue weighted by atomic mass is 16.4. The molecule has 0 fully saturated rings. The van der Waals surface area contributed by atoms with Gasteiger partial charge in [-0.1, -0.05) is 26.8 Å². The van der Waals surface area contributed by atoms with Crippen molar-refractivity contribution in [1.29, 1.82) is 0 Å². The molecule has 0 aromatic heterocycles. The molecule has 0 aliphatic carbocycles. The van der Waals surface area contributed by atoms with Crippen LogP contribution in [0.2, 0.25) is 0 Å². The van der Waals surface area contributed by atoms with E-state index in [1.54, 1.807) is 6.07 Å². The van der Waals surface area contributed by atoms with Gasteiger partial charge in [-0.05, 0) is 23.1 Å². The first-order chi connectivity index (χ1) is 7.23. The van der Waals surface area contributed by atoms with Gasteiger partial charge in [0.05, 0.1) is 11.1 Å². The smallest absolute Gasteiger partial charge is 0.336 e. The second kappa shape index (κ2) is 3.96. The lowest BCUT2D eigenvalue weighted by Gasteiger charge is -2.19. The largest absolute Gasteiger partial charge is 0.478 e. The summed E-state index contributed by atoms with van der Waals surface area (Å²) in [6, 6.07) is 4.41. The highest BCUT2D eigenvalue weighted by molar-refractivity contribution is 6.01. The predicted octanol–water partition coefficient (Wildman–Crippen LogP) is 2.38. The van der Waals surface area contributed by atoms with Gasteiger partial charge < -0.3 is 10.2 Å². The van der Waals surface area contributed by atoms with Gasteiger partial charge in [0, 0.05) is 0 Å². The molecule has 0 spiro atoms. The molecule has 0 radical (unpaired) electrons. The van der Waals surface area contributed by atoms with Crippen molar-refractivity contribution in [3.63, 3.8) is 0 Å². The van der Waals surface area contributed by atoms with E-state index < -0.39 is 11.9 Å². The second-order valence-electron chi connectivity index (χ2n) is 4.62. The summed E-state index contributed by atoms with van der Waals surface area (Å²) in [6.07, 6.45) is 0. The molecule has 4 nitrogen and oxygen atoms in total. The molecule has 16 heavy (non-hydrogen) atoms. The highest BCUT2D eigenvalue weighted by Crippen LogP contribution is 2.24. The number of carboxylic acid groups (broad SMARTS) is 2. The number of rotatable bonds is 2. The minimum atomic E-state index is -1.22. The van der Waals surface area contributed by atoms with Crippen LogP contribution in [0.25, 0.3) is 0 Å². The molecular formula is C12H14O4. The molecule has 0 saturated heterocycles. The zero-order chi connectivity index (χ0) is 12.5. The maximum absolute atomic E-state index is 10.9. The molecule has 1 aromatic rings. The highest BCUT2D eigenvalue weighted by Gasteiger charge is 2.20. The summed E-state index contributed by atoms with van der Waals surface area (Å²) in [6.45, 7) is 5.82. The van der Waals surface area contributed by atoms with Gasteiger partial charge in [-0.3, -0.25) is 0 Å². The van der Waals surface area contributed by atoms with Crippen LogP contribution in [0.5, 0.6) is 0 Å². The molecule has 0 unspecified atom stereocenters. The van der Waals surface area contributed by atoms with Gasteiger partial charge in [0.1, 0.15) is 0 Å². The number of carbonyl (C=O) groups is 2. The van der Waals surface area contributed by atoms with E-state index in [-0.39, 0.29) is 16.5 Å². The summed E-state index contributed by atoms with van der Waals surface area (Å²) in [5, 5.41) is 17.8. The van der Waals surface area contributed by atoms with Gasteiger partial charge >= 0.3 is 11.9 Å². The number of hydrogen-bond donors (Lipinski definition) is 2. The minimum Gasteiger partial charge on any atom is -0.478 e. The molecule has 0 bridgehead atoms. The van der Waals surface area contributed by atoms with Crippen molar-refractivity contribution in [3.05, 3.63) is 34.9 Å². The SMILES string of the molecule is CC(C)(C)c1ccc(C(=O)O)c(C(=O)O)c1. The average Bonchev–Trinajstić information content (AvgIpc) is 2.15. The third-order valence-electron chi connectivity index (χ3n) is 2.35. The standard InChI is InChI=1S/C12H14O4/c1-12(2,3)7-4-5-8(10(13)14)9(6-7)11(15)16/h4-6H,1-3H3,(H,13,14)(H,15,16). The van der Waals surface area contributed by atoms with Crippen LogP contribution in [0.15, 0.2) is 18.2 Å². The van der Waals surface area contributed by atoms with E-state index in [9.17, 15) is 9.59 Å². The zero-order valence-corrected chi connectivity index (χ0v) is 9.44. The number of aromatic carboxylic acids is 2. The van der Waals surface area contributed by atoms with Crippen LogP contribution in [0, 0.1) is 0 Å². The quantitative estimate of drug-likeness (QED) is 0.805. The Morgan fingerprint density at radius 3 is 1.88 bits per heavy atom. The van der Waals surface area contributed by atoms with Crippen molar-refractivity contribution >= 4 is 11.9 Å². The molecule has 0 heterocycles. The van der Waals surface area contributed by atoms with Gasteiger partial charge in [0.2, 0.25) is 0 Å². The van der Waals surface area contributed by atoms with E-state index in [4.69, 9.17) is 10.2 Å². The Morgan fingerprint density at radius 2 is 1.50 bits per heavy atom. The fraction of sp³-hybridized carbons (Fsp3) is 0.333. The lowest BCUT2D eigenvalue weighted by molar-refractivity contribution is 0.0651. The fourth-order valence-electron chi connectivity index (χ4n) is 1.37. The first-order valence-corrected chi connectivity index (χ1v) is 4.84. The first kappa shape index (κ1) is 12.2. The van der Waals surface area contributed by atoms with Crippen LogP contribution in [-0.4, -0.2) is 22.2 Å². The molecule has 0 amide bonds. The Bertz CT molecular complexity index is 441. The summed E-state index contributed by atoms with van der Waals surface area (Å²) >= 11 is 0. The Hall–Kier alpha value is -1.84. The van der Waals surface area contributed by atoms with E-state index >= 15 is 0 Å². The summed E-state index contributed by atoms with van der Waals surface area (Å²) < 4.78 is 0. The Labute approximate surface area is 93.5 Å². The Morgan fingerprint density at radius 1 is 1.00 bits per heavy atom. The summed E-state index contributed by atoms with van der Waals surface area (Å²) in [4.78, 5) is 21.8. The fourth-order valence-corrected chi connectivity index (χ4v) is 1.37. The average molecular weight is 222 g/mol. The molecule has 86 valence electrons. The maximum Gasteiger partial charge on any atom is 0.336 e. The van der Waals surface area contributed by atoms with Crippen LogP contribution in [0.4, 0.5) is 0 Å². The zero-order valence-electron chi connectivity index (χ0n) is 9.44. The molecule has 0 aliphatic rings. The third kappa shape index (κ3) is 2.39. The molecule has 0 atom stereocenters. The summed E-state index contributed by atoms with van der Waals surface area (Å²) in [5.74, 6) is -2.44. The second-order valence-corrected chi connectivity index (χ2v) is 4.62. The van der Waals surface area contributed by atoms with Crippen molar-refractivity contribution in [3.8, 4) is 0 Å². The Kier molecular flexibility index (Phi) is 3.03. The summed E-state index contributed by atoms with van der Waals surface area (Å²) in [7, 11) is 0. The van der Waals surface area contributed by atoms with Crippen LogP contribution < -0.4 is 0 Å². The predicted molar refractivity (Wildman–Crippen MR) is 59.1 cm³/mol. The van der Waals surface area contributed by atoms with Gasteiger partial charge in [0.15, 0.2) is 0 Å². The lowest BCUT2D eigenvalue weighted by Crippen LogP contribution is -2.15. The van der Waals surface area contributed by atoms with E-state index in [0.717, 1.165) is 5.56 Å². The minimum absolute atomic E-state index is 0.167. The van der Waals surface area contributed by atoms with Gasteiger partial charge in [0.25, 0.3) is 0 Å². The molecule has 1 aromatic carbocycles. The van der Waals surface area contributed by atoms with E-state index in [1.165, 1.54) is 12.1 Å². The van der Waals surface area contributed by atoms with Crippen LogP contribution in [0.1, 0.15) is 47.1 Å². The van der Waals surface area contributed by atoms with Gasteiger partial charge in [-0.25, -0.2) is 9.59 Å². The molecule has 2 N–H and O–H groups in total. The third-order valence-corrected chi connectivity index (χ3v) is 2.35. The van der Waals surface area contributed by atoms with E-state index in [2.05, 4.69) is 0 Å². The summed E-state index contributed by atoms with van der Waals surface area (Å²) in [5.41, 5.74) is 0.247. The van der Waals surface area contributed by atoms with Crippen LogP contribution in [0.3, 0.4) is 0 Å². The maximum atomic E-state index is 10.9. The van der Waals surface area contributed by atoms with Crippen molar-refractivity contribution in [2.24, 2.45) is 0 Å². The van der Waals surface area contributed by atoms with E-state index in [1.807, 2.05) is 20.8 Å². The normalized spacial score (nSPS) is 11.2.